The van der Waals surface area contributed by atoms with Crippen LogP contribution >= 0.6 is 0 Å². The minimum atomic E-state index is -0.487. The summed E-state index contributed by atoms with van der Waals surface area (Å²) < 4.78 is 5.02. The first kappa shape index (κ1) is 8.04. The summed E-state index contributed by atoms with van der Waals surface area (Å²) in [6, 6.07) is 8.13. The predicted octanol–water partition coefficient (Wildman–Crippen LogP) is 0.411. The molecule has 0 heterocycles. The quantitative estimate of drug-likeness (QED) is 0.602. The van der Waals surface area contributed by atoms with Crippen molar-refractivity contribution in [1.29, 1.82) is 0 Å². The van der Waals surface area contributed by atoms with Crippen molar-refractivity contribution < 1.29 is 4.74 Å². The van der Waals surface area contributed by atoms with E-state index in [9.17, 15) is 0 Å². The van der Waals surface area contributed by atoms with Crippen LogP contribution in [-0.2, 0) is 0 Å². The van der Waals surface area contributed by atoms with Crippen molar-refractivity contribution in [1.82, 2.24) is 0 Å². The van der Waals surface area contributed by atoms with E-state index < -0.39 is 6.17 Å². The smallest absolute Gasteiger partial charge is 0.125 e. The molecule has 0 aromatic heterocycles. The van der Waals surface area contributed by atoms with E-state index >= 15 is 0 Å². The normalized spacial score (nSPS) is 10.2. The SMILES string of the molecule is COc1c[c]ccc1C(N)N. The van der Waals surface area contributed by atoms with Gasteiger partial charge in [0.1, 0.15) is 5.75 Å². The van der Waals surface area contributed by atoms with Crippen LogP contribution in [0.5, 0.6) is 5.75 Å². The lowest BCUT2D eigenvalue weighted by Gasteiger charge is -2.09. The second kappa shape index (κ2) is 3.37. The first-order valence-electron chi connectivity index (χ1n) is 3.31. The van der Waals surface area contributed by atoms with E-state index in [-0.39, 0.29) is 0 Å². The standard InChI is InChI=1S/C8H11N2O/c1-11-7-5-3-2-4-6(7)8(9)10/h2,4-5,8H,9-10H2,1H3. The maximum atomic E-state index is 5.47. The van der Waals surface area contributed by atoms with Crippen LogP contribution in [0.3, 0.4) is 0 Å². The highest BCUT2D eigenvalue weighted by Gasteiger charge is 2.04. The number of benzene rings is 1. The third-order valence-corrected chi connectivity index (χ3v) is 1.44. The van der Waals surface area contributed by atoms with Crippen molar-refractivity contribution in [2.45, 2.75) is 6.17 Å². The Labute approximate surface area is 66.0 Å². The molecule has 59 valence electrons. The molecule has 1 aromatic carbocycles. The van der Waals surface area contributed by atoms with Gasteiger partial charge in [0.2, 0.25) is 0 Å². The maximum absolute atomic E-state index is 5.47. The van der Waals surface area contributed by atoms with E-state index in [2.05, 4.69) is 6.07 Å². The lowest BCUT2D eigenvalue weighted by Crippen LogP contribution is -2.20. The van der Waals surface area contributed by atoms with Gasteiger partial charge < -0.3 is 16.2 Å². The van der Waals surface area contributed by atoms with Gasteiger partial charge in [0, 0.05) is 5.56 Å². The van der Waals surface area contributed by atoms with Gasteiger partial charge in [0.05, 0.1) is 13.3 Å². The summed E-state index contributed by atoms with van der Waals surface area (Å²) in [5, 5.41) is 0. The molecule has 0 fully saturated rings. The van der Waals surface area contributed by atoms with Gasteiger partial charge >= 0.3 is 0 Å². The Bertz CT molecular complexity index is 235. The van der Waals surface area contributed by atoms with Crippen LogP contribution in [0.4, 0.5) is 0 Å². The van der Waals surface area contributed by atoms with Crippen LogP contribution in [0, 0.1) is 6.07 Å². The van der Waals surface area contributed by atoms with Crippen LogP contribution < -0.4 is 16.2 Å². The van der Waals surface area contributed by atoms with E-state index in [0.717, 1.165) is 5.56 Å². The summed E-state index contributed by atoms with van der Waals surface area (Å²) in [7, 11) is 1.58. The van der Waals surface area contributed by atoms with Crippen molar-refractivity contribution in [3.63, 3.8) is 0 Å². The highest BCUT2D eigenvalue weighted by molar-refractivity contribution is 5.34. The summed E-state index contributed by atoms with van der Waals surface area (Å²) in [4.78, 5) is 0. The molecule has 1 rings (SSSR count). The fourth-order valence-corrected chi connectivity index (χ4v) is 0.879. The van der Waals surface area contributed by atoms with Gasteiger partial charge in [0.25, 0.3) is 0 Å². The van der Waals surface area contributed by atoms with Gasteiger partial charge in [-0.15, -0.1) is 0 Å². The summed E-state index contributed by atoms with van der Waals surface area (Å²) in [6.45, 7) is 0. The zero-order chi connectivity index (χ0) is 8.27. The minimum absolute atomic E-state index is 0.487. The molecule has 4 N–H and O–H groups in total. The second-order valence-corrected chi connectivity index (χ2v) is 2.19. The highest BCUT2D eigenvalue weighted by Crippen LogP contribution is 2.19. The van der Waals surface area contributed by atoms with Crippen molar-refractivity contribution >= 4 is 0 Å². The fraction of sp³-hybridized carbons (Fsp3) is 0.250. The summed E-state index contributed by atoms with van der Waals surface area (Å²) >= 11 is 0. The molecule has 0 spiro atoms. The molecule has 0 amide bonds. The van der Waals surface area contributed by atoms with E-state index in [1.807, 2.05) is 0 Å². The van der Waals surface area contributed by atoms with Crippen molar-refractivity contribution in [2.24, 2.45) is 11.5 Å². The Kier molecular flexibility index (Phi) is 2.46. The third kappa shape index (κ3) is 1.69. The molecule has 3 nitrogen and oxygen atoms in total. The maximum Gasteiger partial charge on any atom is 0.125 e. The van der Waals surface area contributed by atoms with Gasteiger partial charge in [0.15, 0.2) is 0 Å². The van der Waals surface area contributed by atoms with Gasteiger partial charge in [-0.2, -0.15) is 0 Å². The molecule has 0 unspecified atom stereocenters. The molecule has 1 radical (unpaired) electrons. The molecule has 1 aromatic rings. The average molecular weight is 151 g/mol. The zero-order valence-electron chi connectivity index (χ0n) is 6.37. The van der Waals surface area contributed by atoms with Crippen LogP contribution in [0.25, 0.3) is 0 Å². The Morgan fingerprint density at radius 3 is 2.73 bits per heavy atom. The van der Waals surface area contributed by atoms with Gasteiger partial charge in [-0.3, -0.25) is 0 Å². The number of hydrogen-bond acceptors (Lipinski definition) is 3. The van der Waals surface area contributed by atoms with Gasteiger partial charge in [-0.05, 0) is 12.1 Å². The molecule has 0 saturated heterocycles. The molecular weight excluding hydrogens is 140 g/mol. The Hall–Kier alpha value is -1.06. The largest absolute Gasteiger partial charge is 0.496 e. The van der Waals surface area contributed by atoms with E-state index in [4.69, 9.17) is 16.2 Å². The van der Waals surface area contributed by atoms with Crippen LogP contribution in [0.15, 0.2) is 18.2 Å². The van der Waals surface area contributed by atoms with Crippen molar-refractivity contribution in [3.05, 3.63) is 29.8 Å². The zero-order valence-corrected chi connectivity index (χ0v) is 6.37. The lowest BCUT2D eigenvalue weighted by atomic mass is 10.1. The third-order valence-electron chi connectivity index (χ3n) is 1.44. The molecule has 3 heteroatoms. The number of methoxy groups -OCH3 is 1. The van der Waals surface area contributed by atoms with E-state index in [0.29, 0.717) is 5.75 Å². The lowest BCUT2D eigenvalue weighted by molar-refractivity contribution is 0.406. The molecule has 0 aliphatic rings. The molecule has 0 atom stereocenters. The Morgan fingerprint density at radius 2 is 2.27 bits per heavy atom. The van der Waals surface area contributed by atoms with E-state index in [1.54, 1.807) is 25.3 Å². The van der Waals surface area contributed by atoms with E-state index in [1.165, 1.54) is 0 Å². The average Bonchev–Trinajstić information content (AvgIpc) is 2.04. The topological polar surface area (TPSA) is 61.3 Å². The van der Waals surface area contributed by atoms with Crippen molar-refractivity contribution in [2.75, 3.05) is 7.11 Å². The first-order valence-corrected chi connectivity index (χ1v) is 3.31. The number of hydrogen-bond donors (Lipinski definition) is 2. The monoisotopic (exact) mass is 151 g/mol. The molecule has 0 saturated carbocycles. The second-order valence-electron chi connectivity index (χ2n) is 2.19. The van der Waals surface area contributed by atoms with Crippen molar-refractivity contribution in [3.8, 4) is 5.75 Å². The number of ether oxygens (including phenoxy) is 1. The number of rotatable bonds is 2. The van der Waals surface area contributed by atoms with Gasteiger partial charge in [-0.25, -0.2) is 0 Å². The fourth-order valence-electron chi connectivity index (χ4n) is 0.879. The summed E-state index contributed by atoms with van der Waals surface area (Å²) in [5.74, 6) is 0.683. The van der Waals surface area contributed by atoms with Crippen LogP contribution in [0.2, 0.25) is 0 Å². The van der Waals surface area contributed by atoms with Crippen LogP contribution in [-0.4, -0.2) is 7.11 Å². The summed E-state index contributed by atoms with van der Waals surface area (Å²) in [6.07, 6.45) is -0.487. The molecular formula is C8H11N2O. The first-order chi connectivity index (χ1) is 5.25. The highest BCUT2D eigenvalue weighted by atomic mass is 16.5. The molecule has 0 bridgehead atoms. The molecule has 0 aliphatic heterocycles. The predicted molar refractivity (Wildman–Crippen MR) is 42.9 cm³/mol. The Balaban J connectivity index is 3.02. The van der Waals surface area contributed by atoms with Crippen LogP contribution in [0.1, 0.15) is 11.7 Å². The molecule has 0 aliphatic carbocycles. The summed E-state index contributed by atoms with van der Waals surface area (Å²) in [5.41, 5.74) is 11.7. The molecule has 11 heavy (non-hydrogen) atoms. The number of nitrogens with two attached hydrogens (primary N) is 2. The van der Waals surface area contributed by atoms with Gasteiger partial charge in [-0.1, -0.05) is 12.1 Å². The Morgan fingerprint density at radius 1 is 1.55 bits per heavy atom. The minimum Gasteiger partial charge on any atom is -0.496 e.